The number of dihydropyridines is 1. The van der Waals surface area contributed by atoms with E-state index in [0.717, 1.165) is 16.7 Å². The lowest BCUT2D eigenvalue weighted by atomic mass is 10.0. The van der Waals surface area contributed by atoms with Gasteiger partial charge in [0.25, 0.3) is 0 Å². The fourth-order valence-corrected chi connectivity index (χ4v) is 3.62. The number of hydrogen-bond acceptors (Lipinski definition) is 7. The molecule has 0 aromatic heterocycles. The molecular formula is C20H20N2O5S. The number of ether oxygens (including phenoxy) is 1. The Morgan fingerprint density at radius 3 is 2.25 bits per heavy atom. The van der Waals surface area contributed by atoms with Crippen molar-refractivity contribution in [3.63, 3.8) is 0 Å². The highest BCUT2D eigenvalue weighted by Gasteiger charge is 2.32. The Bertz CT molecular complexity index is 1040. The Morgan fingerprint density at radius 1 is 1.07 bits per heavy atom. The molecule has 0 radical (unpaired) electrons. The lowest BCUT2D eigenvalue weighted by Crippen LogP contribution is -2.54. The topological polar surface area (TPSA) is 108 Å². The van der Waals surface area contributed by atoms with Crippen molar-refractivity contribution in [1.82, 2.24) is 5.32 Å². The van der Waals surface area contributed by atoms with Gasteiger partial charge in [0.05, 0.1) is 17.6 Å². The Hall–Kier alpha value is -2.94. The van der Waals surface area contributed by atoms with E-state index in [1.165, 1.54) is 25.3 Å². The number of hydrogen-bond donors (Lipinski definition) is 2. The molecule has 1 aliphatic rings. The van der Waals surface area contributed by atoms with Crippen molar-refractivity contribution in [3.05, 3.63) is 83.6 Å². The normalized spacial score (nSPS) is 18.9. The van der Waals surface area contributed by atoms with Gasteiger partial charge in [0.1, 0.15) is 0 Å². The molecule has 1 unspecified atom stereocenters. The van der Waals surface area contributed by atoms with Crippen molar-refractivity contribution in [2.24, 2.45) is 5.73 Å². The van der Waals surface area contributed by atoms with Crippen molar-refractivity contribution >= 4 is 21.7 Å². The van der Waals surface area contributed by atoms with Crippen LogP contribution in [0.4, 0.5) is 0 Å². The van der Waals surface area contributed by atoms with Crippen molar-refractivity contribution in [1.29, 1.82) is 0 Å². The first kappa shape index (κ1) is 19.8. The number of benzene rings is 2. The molecule has 1 aliphatic heterocycles. The number of allylic oxidation sites excluding steroid dienone is 2. The fourth-order valence-electron chi connectivity index (χ4n) is 2.58. The van der Waals surface area contributed by atoms with E-state index in [4.69, 9.17) is 9.92 Å². The predicted molar refractivity (Wildman–Crippen MR) is 104 cm³/mol. The third kappa shape index (κ3) is 4.30. The first-order chi connectivity index (χ1) is 13.2. The number of nitrogens with two attached hydrogens (primary N) is 1. The van der Waals surface area contributed by atoms with Gasteiger partial charge in [-0.2, -0.15) is 8.42 Å². The Morgan fingerprint density at radius 2 is 1.71 bits per heavy atom. The number of esters is 1. The second-order valence-electron chi connectivity index (χ2n) is 6.29. The van der Waals surface area contributed by atoms with Gasteiger partial charge in [0, 0.05) is 6.20 Å². The SMILES string of the molecule is COC(=O)c1ccc(C2=CNC(N)(OS(=O)(=O)c3ccc(C)cc3)C=C2)cc1. The molecule has 1 atom stereocenters. The lowest BCUT2D eigenvalue weighted by molar-refractivity contribution is 0.0600. The number of nitrogens with one attached hydrogen (secondary N) is 1. The summed E-state index contributed by atoms with van der Waals surface area (Å²) in [5, 5.41) is 2.77. The van der Waals surface area contributed by atoms with Crippen LogP contribution in [-0.4, -0.2) is 27.3 Å². The van der Waals surface area contributed by atoms with Gasteiger partial charge < -0.3 is 10.1 Å². The molecule has 0 saturated carbocycles. The summed E-state index contributed by atoms with van der Waals surface area (Å²) in [4.78, 5) is 11.5. The fraction of sp³-hybridized carbons (Fsp3) is 0.150. The molecule has 1 heterocycles. The van der Waals surface area contributed by atoms with Gasteiger partial charge in [-0.1, -0.05) is 35.9 Å². The standard InChI is InChI=1S/C20H20N2O5S/c1-14-3-9-18(10-4-14)28(24,25)27-20(21)12-11-17(13-22-20)15-5-7-16(8-6-15)19(23)26-2/h3-13,22H,21H2,1-2H3. The van der Waals surface area contributed by atoms with Crippen molar-refractivity contribution in [3.8, 4) is 0 Å². The summed E-state index contributed by atoms with van der Waals surface area (Å²) in [6, 6.07) is 13.1. The first-order valence-electron chi connectivity index (χ1n) is 8.39. The molecule has 0 spiro atoms. The molecule has 146 valence electrons. The maximum Gasteiger partial charge on any atom is 0.337 e. The second kappa shape index (κ2) is 7.59. The minimum absolute atomic E-state index is 0.0197. The van der Waals surface area contributed by atoms with E-state index in [9.17, 15) is 13.2 Å². The highest BCUT2D eigenvalue weighted by molar-refractivity contribution is 7.86. The molecule has 0 fully saturated rings. The molecule has 3 N–H and O–H groups in total. The van der Waals surface area contributed by atoms with Crippen molar-refractivity contribution < 1.29 is 22.1 Å². The maximum atomic E-state index is 12.5. The van der Waals surface area contributed by atoms with Crippen LogP contribution in [0.2, 0.25) is 0 Å². The zero-order valence-corrected chi connectivity index (χ0v) is 16.2. The molecule has 0 bridgehead atoms. The van der Waals surface area contributed by atoms with Crippen LogP contribution in [0.5, 0.6) is 0 Å². The van der Waals surface area contributed by atoms with Gasteiger partial charge in [-0.3, -0.25) is 5.73 Å². The molecule has 2 aromatic rings. The molecule has 28 heavy (non-hydrogen) atoms. The van der Waals surface area contributed by atoms with E-state index >= 15 is 0 Å². The Labute approximate surface area is 163 Å². The van der Waals surface area contributed by atoms with Crippen LogP contribution in [0.25, 0.3) is 5.57 Å². The predicted octanol–water partition coefficient (Wildman–Crippen LogP) is 2.30. The van der Waals surface area contributed by atoms with Crippen LogP contribution in [0, 0.1) is 6.92 Å². The van der Waals surface area contributed by atoms with Gasteiger partial charge in [0.15, 0.2) is 0 Å². The van der Waals surface area contributed by atoms with Crippen molar-refractivity contribution in [2.75, 3.05) is 7.11 Å². The third-order valence-electron chi connectivity index (χ3n) is 4.16. The van der Waals surface area contributed by atoms with Crippen molar-refractivity contribution in [2.45, 2.75) is 17.7 Å². The summed E-state index contributed by atoms with van der Waals surface area (Å²) in [5.41, 5.74) is 8.94. The largest absolute Gasteiger partial charge is 0.465 e. The van der Waals surface area contributed by atoms with Gasteiger partial charge in [-0.05, 0) is 48.4 Å². The molecule has 3 rings (SSSR count). The molecule has 0 aliphatic carbocycles. The Kier molecular flexibility index (Phi) is 5.37. The molecule has 2 aromatic carbocycles. The van der Waals surface area contributed by atoms with Crippen LogP contribution in [0.3, 0.4) is 0 Å². The molecular weight excluding hydrogens is 380 g/mol. The summed E-state index contributed by atoms with van der Waals surface area (Å²) < 4.78 is 34.8. The summed E-state index contributed by atoms with van der Waals surface area (Å²) in [6.07, 6.45) is 4.62. The maximum absolute atomic E-state index is 12.5. The zero-order valence-electron chi connectivity index (χ0n) is 15.4. The van der Waals surface area contributed by atoms with E-state index < -0.39 is 21.9 Å². The van der Waals surface area contributed by atoms with E-state index in [1.807, 2.05) is 6.92 Å². The van der Waals surface area contributed by atoms with E-state index in [-0.39, 0.29) is 4.90 Å². The quantitative estimate of drug-likeness (QED) is 0.450. The summed E-state index contributed by atoms with van der Waals surface area (Å²) in [5.74, 6) is -2.13. The minimum atomic E-state index is -4.05. The average molecular weight is 400 g/mol. The van der Waals surface area contributed by atoms with E-state index in [2.05, 4.69) is 10.1 Å². The summed E-state index contributed by atoms with van der Waals surface area (Å²) >= 11 is 0. The van der Waals surface area contributed by atoms with Gasteiger partial charge in [-0.25, -0.2) is 8.98 Å². The van der Waals surface area contributed by atoms with Gasteiger partial charge in [0.2, 0.25) is 5.85 Å². The zero-order chi connectivity index (χ0) is 20.4. The second-order valence-corrected chi connectivity index (χ2v) is 7.84. The highest BCUT2D eigenvalue weighted by Crippen LogP contribution is 2.24. The number of carbonyl (C=O) groups excluding carboxylic acids is 1. The number of methoxy groups -OCH3 is 1. The molecule has 0 amide bonds. The van der Waals surface area contributed by atoms with E-state index in [1.54, 1.807) is 48.7 Å². The smallest absolute Gasteiger partial charge is 0.337 e. The minimum Gasteiger partial charge on any atom is -0.465 e. The third-order valence-corrected chi connectivity index (χ3v) is 5.51. The number of rotatable bonds is 5. The number of carbonyl (C=O) groups is 1. The van der Waals surface area contributed by atoms with Crippen LogP contribution < -0.4 is 11.1 Å². The molecule has 0 saturated heterocycles. The first-order valence-corrected chi connectivity index (χ1v) is 9.80. The van der Waals surface area contributed by atoms with Crippen LogP contribution in [0.1, 0.15) is 21.5 Å². The average Bonchev–Trinajstić information content (AvgIpc) is 2.68. The van der Waals surface area contributed by atoms with Crippen LogP contribution in [0.15, 0.2) is 71.8 Å². The van der Waals surface area contributed by atoms with E-state index in [0.29, 0.717) is 5.56 Å². The Balaban J connectivity index is 1.74. The lowest BCUT2D eigenvalue weighted by Gasteiger charge is -2.29. The van der Waals surface area contributed by atoms with Gasteiger partial charge >= 0.3 is 16.1 Å². The summed E-state index contributed by atoms with van der Waals surface area (Å²) in [6.45, 7) is 1.86. The van der Waals surface area contributed by atoms with Crippen LogP contribution in [-0.2, 0) is 19.0 Å². The number of aryl methyl sites for hydroxylation is 1. The molecule has 7 nitrogen and oxygen atoms in total. The van der Waals surface area contributed by atoms with Gasteiger partial charge in [-0.15, -0.1) is 0 Å². The van der Waals surface area contributed by atoms with Crippen LogP contribution >= 0.6 is 0 Å². The summed E-state index contributed by atoms with van der Waals surface area (Å²) in [7, 11) is -2.74. The monoisotopic (exact) mass is 400 g/mol. The molecule has 8 heteroatoms. The highest BCUT2D eigenvalue weighted by atomic mass is 32.2.